The van der Waals surface area contributed by atoms with Crippen LogP contribution in [0.2, 0.25) is 0 Å². The highest BCUT2D eigenvalue weighted by Crippen LogP contribution is 2.21. The van der Waals surface area contributed by atoms with Crippen molar-refractivity contribution in [2.75, 3.05) is 6.61 Å². The van der Waals surface area contributed by atoms with Gasteiger partial charge in [-0.3, -0.25) is 0 Å². The third-order valence-corrected chi connectivity index (χ3v) is 2.55. The van der Waals surface area contributed by atoms with E-state index in [9.17, 15) is 0 Å². The van der Waals surface area contributed by atoms with Gasteiger partial charge in [-0.25, -0.2) is 0 Å². The van der Waals surface area contributed by atoms with E-state index in [4.69, 9.17) is 5.11 Å². The second kappa shape index (κ2) is 3.31. The average molecular weight is 165 g/mol. The first-order valence-electron chi connectivity index (χ1n) is 4.70. The lowest BCUT2D eigenvalue weighted by Crippen LogP contribution is -1.99. The molecular weight excluding hydrogens is 150 g/mol. The van der Waals surface area contributed by atoms with Gasteiger partial charge in [-0.1, -0.05) is 0 Å². The quantitative estimate of drug-likeness (QED) is 0.683. The Balaban J connectivity index is 2.20. The number of nitrogens with one attached hydrogen (secondary N) is 1. The summed E-state index contributed by atoms with van der Waals surface area (Å²) in [6.07, 6.45) is 5.82. The first-order chi connectivity index (χ1) is 5.90. The summed E-state index contributed by atoms with van der Waals surface area (Å²) in [5.41, 5.74) is 4.08. The molecule has 0 bridgehead atoms. The van der Waals surface area contributed by atoms with Gasteiger partial charge < -0.3 is 10.1 Å². The Bertz CT molecular complexity index is 241. The predicted molar refractivity (Wildman–Crippen MR) is 48.2 cm³/mol. The van der Waals surface area contributed by atoms with Crippen LogP contribution < -0.4 is 0 Å². The maximum Gasteiger partial charge on any atom is 0.0485 e. The molecule has 2 heteroatoms. The lowest BCUT2D eigenvalue weighted by atomic mass is 9.98. The van der Waals surface area contributed by atoms with Crippen LogP contribution in [-0.4, -0.2) is 16.7 Å². The van der Waals surface area contributed by atoms with Crippen LogP contribution in [0.3, 0.4) is 0 Å². The second-order valence-electron chi connectivity index (χ2n) is 3.48. The average Bonchev–Trinajstić information content (AvgIpc) is 2.47. The molecule has 1 aromatic rings. The van der Waals surface area contributed by atoms with E-state index in [0.717, 1.165) is 6.42 Å². The molecular formula is C10H15NO. The van der Waals surface area contributed by atoms with Crippen molar-refractivity contribution < 1.29 is 5.11 Å². The third-order valence-electron chi connectivity index (χ3n) is 2.55. The Kier molecular flexibility index (Phi) is 2.17. The van der Waals surface area contributed by atoms with Gasteiger partial charge in [0, 0.05) is 24.4 Å². The van der Waals surface area contributed by atoms with Crippen molar-refractivity contribution in [3.05, 3.63) is 23.0 Å². The number of aryl methyl sites for hydroxylation is 2. The van der Waals surface area contributed by atoms with Crippen LogP contribution in [0.4, 0.5) is 0 Å². The van der Waals surface area contributed by atoms with Gasteiger partial charge in [0.2, 0.25) is 0 Å². The molecule has 1 aliphatic carbocycles. The van der Waals surface area contributed by atoms with Gasteiger partial charge >= 0.3 is 0 Å². The van der Waals surface area contributed by atoms with E-state index in [2.05, 4.69) is 11.1 Å². The summed E-state index contributed by atoms with van der Waals surface area (Å²) in [6.45, 7) is 0.249. The fourth-order valence-electron chi connectivity index (χ4n) is 1.93. The van der Waals surface area contributed by atoms with Gasteiger partial charge in [0.1, 0.15) is 0 Å². The molecule has 1 aromatic heterocycles. The molecule has 0 aliphatic heterocycles. The van der Waals surface area contributed by atoms with E-state index in [1.807, 2.05) is 0 Å². The molecule has 1 heterocycles. The highest BCUT2D eigenvalue weighted by Gasteiger charge is 2.11. The lowest BCUT2D eigenvalue weighted by molar-refractivity contribution is 0.298. The van der Waals surface area contributed by atoms with Gasteiger partial charge in [0.25, 0.3) is 0 Å². The largest absolute Gasteiger partial charge is 0.396 e. The van der Waals surface area contributed by atoms with E-state index in [-0.39, 0.29) is 6.61 Å². The molecule has 0 spiro atoms. The van der Waals surface area contributed by atoms with E-state index < -0.39 is 0 Å². The molecule has 0 atom stereocenters. The Morgan fingerprint density at radius 3 is 2.92 bits per heavy atom. The minimum absolute atomic E-state index is 0.249. The summed E-state index contributed by atoms with van der Waals surface area (Å²) in [5.74, 6) is 0. The second-order valence-corrected chi connectivity index (χ2v) is 3.48. The third kappa shape index (κ3) is 1.39. The Labute approximate surface area is 72.6 Å². The van der Waals surface area contributed by atoms with Crippen molar-refractivity contribution in [1.82, 2.24) is 4.98 Å². The number of aliphatic hydroxyl groups excluding tert-OH is 1. The number of aromatic nitrogens is 1. The van der Waals surface area contributed by atoms with E-state index >= 15 is 0 Å². The summed E-state index contributed by atoms with van der Waals surface area (Å²) >= 11 is 0. The zero-order chi connectivity index (χ0) is 8.39. The SMILES string of the molecule is OCCc1cc2c([nH]1)CCCC2. The van der Waals surface area contributed by atoms with Crippen LogP contribution >= 0.6 is 0 Å². The molecule has 12 heavy (non-hydrogen) atoms. The number of hydrogen-bond acceptors (Lipinski definition) is 1. The minimum atomic E-state index is 0.249. The van der Waals surface area contributed by atoms with Gasteiger partial charge in [0.05, 0.1) is 0 Å². The summed E-state index contributed by atoms with van der Waals surface area (Å²) in [5, 5.41) is 8.76. The first-order valence-corrected chi connectivity index (χ1v) is 4.70. The Morgan fingerprint density at radius 1 is 1.33 bits per heavy atom. The molecule has 0 unspecified atom stereocenters. The van der Waals surface area contributed by atoms with E-state index in [1.165, 1.54) is 42.6 Å². The Hall–Kier alpha value is -0.760. The topological polar surface area (TPSA) is 36.0 Å². The molecule has 0 aromatic carbocycles. The van der Waals surface area contributed by atoms with Crippen molar-refractivity contribution in [2.45, 2.75) is 32.1 Å². The summed E-state index contributed by atoms with van der Waals surface area (Å²) < 4.78 is 0. The van der Waals surface area contributed by atoms with Crippen LogP contribution in [0.15, 0.2) is 6.07 Å². The van der Waals surface area contributed by atoms with Gasteiger partial charge in [-0.15, -0.1) is 0 Å². The molecule has 2 rings (SSSR count). The number of hydrogen-bond donors (Lipinski definition) is 2. The van der Waals surface area contributed by atoms with Crippen molar-refractivity contribution >= 4 is 0 Å². The molecule has 0 amide bonds. The van der Waals surface area contributed by atoms with Crippen LogP contribution in [0.1, 0.15) is 29.8 Å². The molecule has 2 nitrogen and oxygen atoms in total. The number of aromatic amines is 1. The summed E-state index contributed by atoms with van der Waals surface area (Å²) in [4.78, 5) is 3.37. The normalized spacial score (nSPS) is 16.1. The zero-order valence-corrected chi connectivity index (χ0v) is 7.27. The Morgan fingerprint density at radius 2 is 2.17 bits per heavy atom. The minimum Gasteiger partial charge on any atom is -0.396 e. The molecule has 0 radical (unpaired) electrons. The molecule has 2 N–H and O–H groups in total. The standard InChI is InChI=1S/C10H15NO/c12-6-5-9-7-8-3-1-2-4-10(8)11-9/h7,11-12H,1-6H2. The summed E-state index contributed by atoms with van der Waals surface area (Å²) in [7, 11) is 0. The van der Waals surface area contributed by atoms with Gasteiger partial charge in [0.15, 0.2) is 0 Å². The summed E-state index contributed by atoms with van der Waals surface area (Å²) in [6, 6.07) is 2.21. The van der Waals surface area contributed by atoms with Crippen molar-refractivity contribution in [2.24, 2.45) is 0 Å². The fourth-order valence-corrected chi connectivity index (χ4v) is 1.93. The molecule has 0 fully saturated rings. The number of fused-ring (bicyclic) bond motifs is 1. The van der Waals surface area contributed by atoms with E-state index in [1.54, 1.807) is 0 Å². The molecule has 0 saturated heterocycles. The maximum absolute atomic E-state index is 8.76. The van der Waals surface area contributed by atoms with Gasteiger partial charge in [-0.2, -0.15) is 0 Å². The number of H-pyrrole nitrogens is 1. The van der Waals surface area contributed by atoms with Crippen molar-refractivity contribution in [3.8, 4) is 0 Å². The highest BCUT2D eigenvalue weighted by molar-refractivity contribution is 5.28. The van der Waals surface area contributed by atoms with E-state index in [0.29, 0.717) is 0 Å². The van der Waals surface area contributed by atoms with Crippen LogP contribution in [0.5, 0.6) is 0 Å². The predicted octanol–water partition coefficient (Wildman–Crippen LogP) is 1.43. The highest BCUT2D eigenvalue weighted by atomic mass is 16.3. The lowest BCUT2D eigenvalue weighted by Gasteiger charge is -2.09. The monoisotopic (exact) mass is 165 g/mol. The molecule has 1 aliphatic rings. The number of rotatable bonds is 2. The van der Waals surface area contributed by atoms with Crippen LogP contribution in [0, 0.1) is 0 Å². The zero-order valence-electron chi connectivity index (χ0n) is 7.27. The van der Waals surface area contributed by atoms with Crippen LogP contribution in [0.25, 0.3) is 0 Å². The molecule has 0 saturated carbocycles. The maximum atomic E-state index is 8.76. The van der Waals surface area contributed by atoms with Gasteiger partial charge in [-0.05, 0) is 37.3 Å². The van der Waals surface area contributed by atoms with Crippen molar-refractivity contribution in [1.29, 1.82) is 0 Å². The fraction of sp³-hybridized carbons (Fsp3) is 0.600. The number of aliphatic hydroxyl groups is 1. The first kappa shape index (κ1) is 7.87. The molecule has 66 valence electrons. The van der Waals surface area contributed by atoms with Crippen LogP contribution in [-0.2, 0) is 19.3 Å². The van der Waals surface area contributed by atoms with Crippen molar-refractivity contribution in [3.63, 3.8) is 0 Å². The smallest absolute Gasteiger partial charge is 0.0485 e.